The molecule has 0 spiro atoms. The van der Waals surface area contributed by atoms with Crippen LogP contribution in [0.2, 0.25) is 0 Å². The number of aliphatic imine (C=N–C) groups is 1. The molecule has 0 N–H and O–H groups in total. The molecule has 0 radical (unpaired) electrons. The van der Waals surface area contributed by atoms with Crippen LogP contribution in [0.15, 0.2) is 4.99 Å². The SMILES string of the molecule is CCN([C-]=NC(C)C)C(C)C.[Li+]. The molecule has 0 aliphatic heterocycles. The largest absolute Gasteiger partial charge is 1.00 e. The molecule has 0 aromatic carbocycles. The second-order valence-corrected chi connectivity index (χ2v) is 3.20. The quantitative estimate of drug-likeness (QED) is 0.171. The van der Waals surface area contributed by atoms with E-state index in [4.69, 9.17) is 0 Å². The third-order valence-electron chi connectivity index (χ3n) is 1.41. The molecule has 12 heavy (non-hydrogen) atoms. The summed E-state index contributed by atoms with van der Waals surface area (Å²) in [5.74, 6) is 0. The van der Waals surface area contributed by atoms with Gasteiger partial charge in [-0.2, -0.15) is 0 Å². The van der Waals surface area contributed by atoms with E-state index in [-0.39, 0.29) is 18.9 Å². The Balaban J connectivity index is 0. The van der Waals surface area contributed by atoms with E-state index in [1.54, 1.807) is 0 Å². The third kappa shape index (κ3) is 6.76. The van der Waals surface area contributed by atoms with Crippen LogP contribution in [-0.2, 0) is 0 Å². The van der Waals surface area contributed by atoms with Gasteiger partial charge in [-0.15, -0.1) is 0 Å². The van der Waals surface area contributed by atoms with Crippen molar-refractivity contribution in [3.8, 4) is 0 Å². The maximum atomic E-state index is 4.19. The van der Waals surface area contributed by atoms with Crippen molar-refractivity contribution in [3.05, 3.63) is 0 Å². The fourth-order valence-electron chi connectivity index (χ4n) is 0.741. The van der Waals surface area contributed by atoms with Crippen LogP contribution in [-0.4, -0.2) is 29.9 Å². The molecule has 0 saturated carbocycles. The van der Waals surface area contributed by atoms with E-state index in [0.717, 1.165) is 6.54 Å². The molecule has 0 aromatic heterocycles. The monoisotopic (exact) mass is 162 g/mol. The van der Waals surface area contributed by atoms with Gasteiger partial charge in [0.05, 0.1) is 0 Å². The van der Waals surface area contributed by atoms with Crippen molar-refractivity contribution >= 4 is 6.34 Å². The Labute approximate surface area is 88.6 Å². The van der Waals surface area contributed by atoms with Gasteiger partial charge in [0.25, 0.3) is 0 Å². The maximum Gasteiger partial charge on any atom is 1.00 e. The molecule has 3 heteroatoms. The predicted molar refractivity (Wildman–Crippen MR) is 50.1 cm³/mol. The first-order chi connectivity index (χ1) is 5.07. The van der Waals surface area contributed by atoms with Gasteiger partial charge in [0, 0.05) is 6.04 Å². The van der Waals surface area contributed by atoms with Crippen LogP contribution in [0.1, 0.15) is 34.6 Å². The Hall–Kier alpha value is 0.0674. The molecule has 0 fully saturated rings. The van der Waals surface area contributed by atoms with Gasteiger partial charge >= 0.3 is 18.9 Å². The van der Waals surface area contributed by atoms with Crippen molar-refractivity contribution in [1.82, 2.24) is 4.90 Å². The minimum absolute atomic E-state index is 0. The summed E-state index contributed by atoms with van der Waals surface area (Å²) in [4.78, 5) is 6.29. The second-order valence-electron chi connectivity index (χ2n) is 3.20. The average molecular weight is 162 g/mol. The molecule has 2 nitrogen and oxygen atoms in total. The summed E-state index contributed by atoms with van der Waals surface area (Å²) in [6.07, 6.45) is 3.03. The predicted octanol–water partition coefficient (Wildman–Crippen LogP) is -0.966. The van der Waals surface area contributed by atoms with Crippen molar-refractivity contribution in [2.24, 2.45) is 4.99 Å². The fraction of sp³-hybridized carbons (Fsp3) is 0.889. The Morgan fingerprint density at radius 3 is 2.00 bits per heavy atom. The zero-order valence-corrected chi connectivity index (χ0v) is 9.26. The summed E-state index contributed by atoms with van der Waals surface area (Å²) < 4.78 is 0. The summed E-state index contributed by atoms with van der Waals surface area (Å²) >= 11 is 0. The van der Waals surface area contributed by atoms with Crippen LogP contribution < -0.4 is 18.9 Å². The topological polar surface area (TPSA) is 15.6 Å². The summed E-state index contributed by atoms with van der Waals surface area (Å²) in [5.41, 5.74) is 0. The van der Waals surface area contributed by atoms with Crippen LogP contribution in [0.5, 0.6) is 0 Å². The first-order valence-corrected chi connectivity index (χ1v) is 4.30. The fourth-order valence-corrected chi connectivity index (χ4v) is 0.741. The zero-order valence-electron chi connectivity index (χ0n) is 9.26. The van der Waals surface area contributed by atoms with Gasteiger partial charge in [0.2, 0.25) is 0 Å². The summed E-state index contributed by atoms with van der Waals surface area (Å²) in [5, 5.41) is 0. The van der Waals surface area contributed by atoms with Gasteiger partial charge in [0.15, 0.2) is 0 Å². The van der Waals surface area contributed by atoms with Gasteiger partial charge in [-0.1, -0.05) is 6.92 Å². The molecule has 0 rings (SSSR count). The number of hydrogen-bond acceptors (Lipinski definition) is 1. The van der Waals surface area contributed by atoms with E-state index < -0.39 is 0 Å². The van der Waals surface area contributed by atoms with E-state index in [9.17, 15) is 0 Å². The first kappa shape index (κ1) is 14.6. The number of hydrogen-bond donors (Lipinski definition) is 0. The molecular weight excluding hydrogens is 143 g/mol. The second kappa shape index (κ2) is 7.70. The van der Waals surface area contributed by atoms with Gasteiger partial charge in [-0.25, -0.2) is 0 Å². The van der Waals surface area contributed by atoms with Crippen molar-refractivity contribution in [2.45, 2.75) is 46.7 Å². The zero-order chi connectivity index (χ0) is 8.85. The summed E-state index contributed by atoms with van der Waals surface area (Å²) in [6, 6.07) is 0.852. The minimum Gasteiger partial charge on any atom is -0.536 e. The molecule has 66 valence electrons. The number of nitrogens with zero attached hydrogens (tertiary/aromatic N) is 2. The summed E-state index contributed by atoms with van der Waals surface area (Å²) in [7, 11) is 0. The molecule has 0 aromatic rings. The normalized spacial score (nSPS) is 10.9. The van der Waals surface area contributed by atoms with Crippen LogP contribution >= 0.6 is 0 Å². The van der Waals surface area contributed by atoms with Gasteiger partial charge in [-0.05, 0) is 40.3 Å². The van der Waals surface area contributed by atoms with Crippen molar-refractivity contribution in [1.29, 1.82) is 0 Å². The van der Waals surface area contributed by atoms with E-state index in [2.05, 4.69) is 50.8 Å². The van der Waals surface area contributed by atoms with Crippen LogP contribution in [0.4, 0.5) is 0 Å². The Morgan fingerprint density at radius 2 is 1.75 bits per heavy atom. The smallest absolute Gasteiger partial charge is 0.536 e. The Kier molecular flexibility index (Phi) is 9.36. The van der Waals surface area contributed by atoms with Gasteiger partial charge < -0.3 is 9.89 Å². The van der Waals surface area contributed by atoms with Gasteiger partial charge in [0.1, 0.15) is 0 Å². The van der Waals surface area contributed by atoms with Gasteiger partial charge in [-0.3, -0.25) is 6.34 Å². The maximum absolute atomic E-state index is 4.19. The summed E-state index contributed by atoms with van der Waals surface area (Å²) in [6.45, 7) is 11.5. The molecule has 0 aliphatic carbocycles. The molecule has 0 amide bonds. The first-order valence-electron chi connectivity index (χ1n) is 4.30. The molecular formula is C9H19LiN2. The molecule has 0 atom stereocenters. The minimum atomic E-state index is 0. The Bertz CT molecular complexity index is 122. The molecule has 0 heterocycles. The van der Waals surface area contributed by atoms with Crippen LogP contribution in [0, 0.1) is 0 Å². The van der Waals surface area contributed by atoms with Crippen LogP contribution in [0.25, 0.3) is 0 Å². The molecule has 0 saturated heterocycles. The number of rotatable bonds is 4. The standard InChI is InChI=1S/C9H19N2.Li/c1-6-11(9(4)5)7-10-8(2)3;/h8-9H,6H2,1-5H3;/q-1;+1. The van der Waals surface area contributed by atoms with E-state index in [1.165, 1.54) is 0 Å². The van der Waals surface area contributed by atoms with E-state index >= 15 is 0 Å². The molecule has 0 bridgehead atoms. The van der Waals surface area contributed by atoms with E-state index in [1.807, 2.05) is 0 Å². The third-order valence-corrected chi connectivity index (χ3v) is 1.41. The molecule has 0 aliphatic rings. The van der Waals surface area contributed by atoms with Crippen molar-refractivity contribution in [3.63, 3.8) is 0 Å². The average Bonchev–Trinajstić information content (AvgIpc) is 1.87. The Morgan fingerprint density at radius 1 is 1.25 bits per heavy atom. The molecule has 0 unspecified atom stereocenters. The van der Waals surface area contributed by atoms with Crippen molar-refractivity contribution in [2.75, 3.05) is 6.54 Å². The van der Waals surface area contributed by atoms with Crippen LogP contribution in [0.3, 0.4) is 0 Å². The van der Waals surface area contributed by atoms with Crippen molar-refractivity contribution < 1.29 is 18.9 Å². The van der Waals surface area contributed by atoms with E-state index in [0.29, 0.717) is 12.1 Å².